The van der Waals surface area contributed by atoms with E-state index in [0.717, 1.165) is 11.8 Å². The van der Waals surface area contributed by atoms with Gasteiger partial charge in [0.25, 0.3) is 0 Å². The van der Waals surface area contributed by atoms with E-state index in [-0.39, 0.29) is 0 Å². The molecular formula is C11H17Cl. The minimum Gasteiger partial charge on any atom is -0.0930 e. The monoisotopic (exact) mass is 184 g/mol. The van der Waals surface area contributed by atoms with Crippen molar-refractivity contribution in [1.82, 2.24) is 0 Å². The van der Waals surface area contributed by atoms with Gasteiger partial charge >= 0.3 is 0 Å². The molecule has 0 heterocycles. The molecule has 0 aromatic rings. The lowest BCUT2D eigenvalue weighted by atomic mass is 9.69. The van der Waals surface area contributed by atoms with Gasteiger partial charge in [0.2, 0.25) is 0 Å². The zero-order valence-corrected chi connectivity index (χ0v) is 8.32. The van der Waals surface area contributed by atoms with Crippen molar-refractivity contribution in [3.8, 4) is 0 Å². The molecule has 0 nitrogen and oxygen atoms in total. The van der Waals surface area contributed by atoms with E-state index < -0.39 is 0 Å². The second-order valence-electron chi connectivity index (χ2n) is 4.23. The molecule has 0 saturated heterocycles. The third-order valence-corrected chi connectivity index (χ3v) is 3.85. The summed E-state index contributed by atoms with van der Waals surface area (Å²) in [5, 5.41) is 0. The largest absolute Gasteiger partial charge is 0.0930 e. The molecule has 12 heavy (non-hydrogen) atoms. The Morgan fingerprint density at radius 1 is 1.08 bits per heavy atom. The first kappa shape index (κ1) is 8.62. The van der Waals surface area contributed by atoms with E-state index in [0.29, 0.717) is 0 Å². The third kappa shape index (κ3) is 1.54. The Hall–Kier alpha value is 0.0300. The molecule has 2 unspecified atom stereocenters. The highest BCUT2D eigenvalue weighted by molar-refractivity contribution is 6.25. The summed E-state index contributed by atoms with van der Waals surface area (Å²) in [6.45, 7) is 0. The van der Waals surface area contributed by atoms with E-state index in [2.05, 4.69) is 0 Å². The SMILES string of the molecule is Cl/C=C1/CCCC2CCCCC12. The maximum Gasteiger partial charge on any atom is 0.00373 e. The van der Waals surface area contributed by atoms with Crippen LogP contribution in [0.25, 0.3) is 0 Å². The molecule has 2 atom stereocenters. The number of hydrogen-bond acceptors (Lipinski definition) is 0. The standard InChI is InChI=1S/C11H17Cl/c12-8-10-6-3-5-9-4-1-2-7-11(9)10/h8-9,11H,1-7H2/b10-8-. The predicted octanol–water partition coefficient (Wildman–Crippen LogP) is 4.10. The third-order valence-electron chi connectivity index (χ3n) is 3.57. The minimum atomic E-state index is 0.866. The summed E-state index contributed by atoms with van der Waals surface area (Å²) in [4.78, 5) is 0. The zero-order chi connectivity index (χ0) is 8.39. The Kier molecular flexibility index (Phi) is 2.75. The number of rotatable bonds is 0. The van der Waals surface area contributed by atoms with Crippen LogP contribution in [0.2, 0.25) is 0 Å². The molecule has 2 aliphatic rings. The molecule has 2 rings (SSSR count). The summed E-state index contributed by atoms with van der Waals surface area (Å²) >= 11 is 5.84. The van der Waals surface area contributed by atoms with E-state index in [1.165, 1.54) is 44.9 Å². The highest BCUT2D eigenvalue weighted by Crippen LogP contribution is 2.43. The van der Waals surface area contributed by atoms with Crippen molar-refractivity contribution in [2.75, 3.05) is 0 Å². The summed E-state index contributed by atoms with van der Waals surface area (Å²) in [5.74, 6) is 1.85. The van der Waals surface area contributed by atoms with Gasteiger partial charge in [-0.15, -0.1) is 0 Å². The van der Waals surface area contributed by atoms with Gasteiger partial charge in [-0.05, 0) is 43.9 Å². The van der Waals surface area contributed by atoms with Crippen molar-refractivity contribution < 1.29 is 0 Å². The molecule has 0 bridgehead atoms. The normalized spacial score (nSPS) is 39.6. The lowest BCUT2D eigenvalue weighted by molar-refractivity contribution is 0.223. The summed E-state index contributed by atoms with van der Waals surface area (Å²) in [6.07, 6.45) is 9.84. The molecule has 1 heteroatoms. The molecule has 0 aliphatic heterocycles. The summed E-state index contributed by atoms with van der Waals surface area (Å²) < 4.78 is 0. The Labute approximate surface area is 80.0 Å². The lowest BCUT2D eigenvalue weighted by Crippen LogP contribution is -2.24. The van der Waals surface area contributed by atoms with Crippen LogP contribution in [0.15, 0.2) is 11.1 Å². The van der Waals surface area contributed by atoms with Crippen molar-refractivity contribution in [2.24, 2.45) is 11.8 Å². The minimum absolute atomic E-state index is 0.866. The van der Waals surface area contributed by atoms with Crippen LogP contribution in [0.4, 0.5) is 0 Å². The highest BCUT2D eigenvalue weighted by atomic mass is 35.5. The van der Waals surface area contributed by atoms with Crippen LogP contribution in [0.3, 0.4) is 0 Å². The van der Waals surface area contributed by atoms with Gasteiger partial charge in [0.15, 0.2) is 0 Å². The number of fused-ring (bicyclic) bond motifs is 1. The Morgan fingerprint density at radius 3 is 2.67 bits per heavy atom. The lowest BCUT2D eigenvalue weighted by Gasteiger charge is -2.37. The molecule has 2 aliphatic carbocycles. The maximum absolute atomic E-state index is 5.84. The number of halogens is 1. The van der Waals surface area contributed by atoms with Gasteiger partial charge in [-0.1, -0.05) is 30.0 Å². The van der Waals surface area contributed by atoms with Gasteiger partial charge in [-0.3, -0.25) is 0 Å². The molecule has 0 aromatic carbocycles. The molecule has 2 saturated carbocycles. The van der Waals surface area contributed by atoms with Crippen molar-refractivity contribution >= 4 is 11.6 Å². The fraction of sp³-hybridized carbons (Fsp3) is 0.818. The van der Waals surface area contributed by atoms with Crippen LogP contribution in [-0.2, 0) is 0 Å². The first-order valence-corrected chi connectivity index (χ1v) is 5.64. The molecular weight excluding hydrogens is 168 g/mol. The van der Waals surface area contributed by atoms with Crippen molar-refractivity contribution in [1.29, 1.82) is 0 Å². The second kappa shape index (κ2) is 3.83. The summed E-state index contributed by atoms with van der Waals surface area (Å²) in [7, 11) is 0. The topological polar surface area (TPSA) is 0 Å². The highest BCUT2D eigenvalue weighted by Gasteiger charge is 2.30. The van der Waals surface area contributed by atoms with Gasteiger partial charge in [0.05, 0.1) is 0 Å². The van der Waals surface area contributed by atoms with Gasteiger partial charge in [0.1, 0.15) is 0 Å². The van der Waals surface area contributed by atoms with E-state index in [1.807, 2.05) is 5.54 Å². The van der Waals surface area contributed by atoms with Gasteiger partial charge in [-0.25, -0.2) is 0 Å². The van der Waals surface area contributed by atoms with Gasteiger partial charge in [0, 0.05) is 5.54 Å². The van der Waals surface area contributed by atoms with Crippen LogP contribution in [-0.4, -0.2) is 0 Å². The number of hydrogen-bond donors (Lipinski definition) is 0. The van der Waals surface area contributed by atoms with E-state index in [9.17, 15) is 0 Å². The Bertz CT molecular complexity index is 181. The number of allylic oxidation sites excluding steroid dienone is 1. The van der Waals surface area contributed by atoms with E-state index in [4.69, 9.17) is 11.6 Å². The average Bonchev–Trinajstić information content (AvgIpc) is 2.17. The average molecular weight is 185 g/mol. The zero-order valence-electron chi connectivity index (χ0n) is 7.56. The van der Waals surface area contributed by atoms with Crippen LogP contribution >= 0.6 is 11.6 Å². The summed E-state index contributed by atoms with van der Waals surface area (Å²) in [6, 6.07) is 0. The van der Waals surface area contributed by atoms with Crippen molar-refractivity contribution in [2.45, 2.75) is 44.9 Å². The first-order chi connectivity index (χ1) is 5.92. The quantitative estimate of drug-likeness (QED) is 0.532. The first-order valence-electron chi connectivity index (χ1n) is 5.21. The fourth-order valence-electron chi connectivity index (χ4n) is 2.93. The molecule has 0 radical (unpaired) electrons. The molecule has 0 N–H and O–H groups in total. The van der Waals surface area contributed by atoms with Crippen LogP contribution < -0.4 is 0 Å². The predicted molar refractivity (Wildman–Crippen MR) is 53.2 cm³/mol. The molecule has 0 amide bonds. The van der Waals surface area contributed by atoms with Crippen LogP contribution in [0.5, 0.6) is 0 Å². The molecule has 68 valence electrons. The van der Waals surface area contributed by atoms with Gasteiger partial charge < -0.3 is 0 Å². The van der Waals surface area contributed by atoms with Crippen LogP contribution in [0, 0.1) is 11.8 Å². The fourth-order valence-corrected chi connectivity index (χ4v) is 3.20. The Morgan fingerprint density at radius 2 is 1.83 bits per heavy atom. The molecule has 0 aromatic heterocycles. The Balaban J connectivity index is 2.09. The van der Waals surface area contributed by atoms with Crippen LogP contribution in [0.1, 0.15) is 44.9 Å². The van der Waals surface area contributed by atoms with E-state index in [1.54, 1.807) is 5.57 Å². The smallest absolute Gasteiger partial charge is 0.00373 e. The summed E-state index contributed by atoms with van der Waals surface area (Å²) in [5.41, 5.74) is 3.41. The molecule has 0 spiro atoms. The van der Waals surface area contributed by atoms with Crippen molar-refractivity contribution in [3.05, 3.63) is 11.1 Å². The maximum atomic E-state index is 5.84. The molecule has 2 fully saturated rings. The van der Waals surface area contributed by atoms with E-state index >= 15 is 0 Å². The van der Waals surface area contributed by atoms with Gasteiger partial charge in [-0.2, -0.15) is 0 Å². The second-order valence-corrected chi connectivity index (χ2v) is 4.45. The van der Waals surface area contributed by atoms with Crippen molar-refractivity contribution in [3.63, 3.8) is 0 Å².